The molecule has 6 nitrogen and oxygen atoms in total. The van der Waals surface area contributed by atoms with Gasteiger partial charge in [-0.15, -0.1) is 0 Å². The summed E-state index contributed by atoms with van der Waals surface area (Å²) in [6.07, 6.45) is 7.12. The average molecular weight is 586 g/mol. The number of allylic oxidation sites excluding steroid dienone is 2. The maximum absolute atomic E-state index is 15.2. The van der Waals surface area contributed by atoms with Crippen LogP contribution in [0, 0.1) is 11.6 Å². The van der Waals surface area contributed by atoms with Crippen LogP contribution < -0.4 is 21.0 Å². The molecule has 0 spiro atoms. The minimum Gasteiger partial charge on any atom is -0.455 e. The molecule has 1 N–H and O–H groups in total. The second kappa shape index (κ2) is 10.9. The first-order chi connectivity index (χ1) is 20.2. The van der Waals surface area contributed by atoms with E-state index in [2.05, 4.69) is 10.3 Å². The van der Waals surface area contributed by atoms with Gasteiger partial charge in [-0.25, -0.2) is 13.8 Å². The summed E-state index contributed by atoms with van der Waals surface area (Å²) in [5.41, 5.74) is 4.23. The van der Waals surface area contributed by atoms with Gasteiger partial charge in [0.15, 0.2) is 5.42 Å². The molecule has 1 aliphatic carbocycles. The molecule has 212 valence electrons. The molecule has 2 heterocycles. The zero-order valence-corrected chi connectivity index (χ0v) is 23.9. The van der Waals surface area contributed by atoms with Gasteiger partial charge in [-0.3, -0.25) is 4.79 Å². The SMILES string of the molecule is CNC(=O)c1c(-c2ccc(F)cc2)oc2cc(N(C)C)c(-c3cc(F)cc(-c4nc5c(o4)=CC(Cl)=CCCC=5)c3)cc12. The first-order valence-electron chi connectivity index (χ1n) is 13.3. The van der Waals surface area contributed by atoms with E-state index in [0.717, 1.165) is 18.5 Å². The van der Waals surface area contributed by atoms with Crippen molar-refractivity contribution in [2.75, 3.05) is 26.0 Å². The van der Waals surface area contributed by atoms with E-state index in [0.29, 0.717) is 60.3 Å². The lowest BCUT2D eigenvalue weighted by molar-refractivity contribution is 0.0964. The Kier molecular flexibility index (Phi) is 7.16. The van der Waals surface area contributed by atoms with Crippen molar-refractivity contribution in [1.29, 1.82) is 0 Å². The summed E-state index contributed by atoms with van der Waals surface area (Å²) >= 11 is 6.28. The predicted molar refractivity (Wildman–Crippen MR) is 162 cm³/mol. The fraction of sp³-hybridized carbons (Fsp3) is 0.152. The summed E-state index contributed by atoms with van der Waals surface area (Å²) < 4.78 is 41.1. The van der Waals surface area contributed by atoms with E-state index in [1.807, 2.05) is 43.3 Å². The van der Waals surface area contributed by atoms with Crippen LogP contribution >= 0.6 is 11.6 Å². The molecule has 2 aromatic heterocycles. The first-order valence-corrected chi connectivity index (χ1v) is 13.7. The van der Waals surface area contributed by atoms with Crippen molar-refractivity contribution in [2.45, 2.75) is 12.8 Å². The number of fused-ring (bicyclic) bond motifs is 2. The van der Waals surface area contributed by atoms with Gasteiger partial charge in [-0.2, -0.15) is 0 Å². The molecule has 5 aromatic rings. The van der Waals surface area contributed by atoms with E-state index in [1.165, 1.54) is 31.3 Å². The van der Waals surface area contributed by atoms with Gasteiger partial charge < -0.3 is 19.1 Å². The fourth-order valence-corrected chi connectivity index (χ4v) is 5.31. The fourth-order valence-electron chi connectivity index (χ4n) is 5.10. The van der Waals surface area contributed by atoms with E-state index in [9.17, 15) is 9.18 Å². The van der Waals surface area contributed by atoms with Crippen LogP contribution in [0.4, 0.5) is 14.5 Å². The minimum absolute atomic E-state index is 0.264. The van der Waals surface area contributed by atoms with E-state index < -0.39 is 11.6 Å². The number of carbonyl (C=O) groups excluding carboxylic acids is 1. The number of anilines is 1. The summed E-state index contributed by atoms with van der Waals surface area (Å²) in [5, 5.41) is 4.41. The monoisotopic (exact) mass is 585 g/mol. The molecule has 0 unspecified atom stereocenters. The number of aromatic nitrogens is 1. The van der Waals surface area contributed by atoms with E-state index in [-0.39, 0.29) is 11.8 Å². The highest BCUT2D eigenvalue weighted by Gasteiger charge is 2.24. The molecule has 1 amide bonds. The summed E-state index contributed by atoms with van der Waals surface area (Å²) in [6.45, 7) is 0. The highest BCUT2D eigenvalue weighted by Crippen LogP contribution is 2.41. The molecular formula is C33H26ClF2N3O3. The summed E-state index contributed by atoms with van der Waals surface area (Å²) in [6, 6.07) is 14.0. The number of nitrogens with one attached hydrogen (secondary N) is 1. The number of halogens is 3. The number of benzene rings is 3. The van der Waals surface area contributed by atoms with E-state index in [4.69, 9.17) is 20.4 Å². The Balaban J connectivity index is 1.56. The Morgan fingerprint density at radius 1 is 0.929 bits per heavy atom. The molecule has 0 atom stereocenters. The number of rotatable bonds is 5. The summed E-state index contributed by atoms with van der Waals surface area (Å²) in [4.78, 5) is 19.6. The van der Waals surface area contributed by atoms with Crippen LogP contribution in [0.1, 0.15) is 23.2 Å². The smallest absolute Gasteiger partial charge is 0.255 e. The van der Waals surface area contributed by atoms with Crippen LogP contribution in [-0.4, -0.2) is 32.0 Å². The molecule has 0 bridgehead atoms. The number of carbonyl (C=O) groups is 1. The van der Waals surface area contributed by atoms with Gasteiger partial charge in [0.2, 0.25) is 5.89 Å². The van der Waals surface area contributed by atoms with Gasteiger partial charge in [-0.1, -0.05) is 23.8 Å². The zero-order chi connectivity index (χ0) is 29.5. The molecule has 0 saturated carbocycles. The molecule has 3 aromatic carbocycles. The van der Waals surface area contributed by atoms with Crippen molar-refractivity contribution >= 4 is 46.3 Å². The summed E-state index contributed by atoms with van der Waals surface area (Å²) in [7, 11) is 5.26. The standard InChI is InChI=1S/C33H26ClF2N3O3/c1-37-32(40)30-25-16-24(27(39(2)3)17-28(25)41-31(30)18-8-10-22(35)11-9-18)19-12-20(14-23(36)13-19)33-38-26-7-5-4-6-21(34)15-29(26)42-33/h6-17H,4-5H2,1-3H3,(H,37,40). The third kappa shape index (κ3) is 5.10. The predicted octanol–water partition coefficient (Wildman–Crippen LogP) is 6.60. The van der Waals surface area contributed by atoms with Crippen molar-refractivity contribution in [3.8, 4) is 33.9 Å². The maximum atomic E-state index is 15.2. The number of amides is 1. The summed E-state index contributed by atoms with van der Waals surface area (Å²) in [5.74, 6) is -0.670. The maximum Gasteiger partial charge on any atom is 0.255 e. The lowest BCUT2D eigenvalue weighted by Crippen LogP contribution is -2.22. The van der Waals surface area contributed by atoms with Gasteiger partial charge in [0.25, 0.3) is 5.91 Å². The Hall–Kier alpha value is -4.69. The topological polar surface area (TPSA) is 71.5 Å². The zero-order valence-electron chi connectivity index (χ0n) is 23.1. The molecule has 6 rings (SSSR count). The van der Waals surface area contributed by atoms with Crippen molar-refractivity contribution in [3.05, 3.63) is 93.7 Å². The van der Waals surface area contributed by atoms with Crippen molar-refractivity contribution in [2.24, 2.45) is 0 Å². The van der Waals surface area contributed by atoms with Gasteiger partial charge in [0.05, 0.1) is 5.56 Å². The molecule has 9 heteroatoms. The van der Waals surface area contributed by atoms with E-state index >= 15 is 4.39 Å². The highest BCUT2D eigenvalue weighted by molar-refractivity contribution is 6.33. The molecule has 0 fully saturated rings. The minimum atomic E-state index is -0.477. The number of furan rings is 1. The quantitative estimate of drug-likeness (QED) is 0.252. The number of hydrogen-bond acceptors (Lipinski definition) is 5. The molecule has 1 aliphatic rings. The van der Waals surface area contributed by atoms with Crippen molar-refractivity contribution < 1.29 is 22.4 Å². The second-order valence-corrected chi connectivity index (χ2v) is 10.6. The first kappa shape index (κ1) is 27.5. The van der Waals surface area contributed by atoms with Crippen LogP contribution in [0.5, 0.6) is 0 Å². The van der Waals surface area contributed by atoms with Crippen molar-refractivity contribution in [1.82, 2.24) is 10.3 Å². The van der Waals surface area contributed by atoms with Crippen LogP contribution in [0.2, 0.25) is 0 Å². The normalized spacial score (nSPS) is 13.0. The lowest BCUT2D eigenvalue weighted by atomic mass is 9.96. The Morgan fingerprint density at radius 3 is 2.40 bits per heavy atom. The van der Waals surface area contributed by atoms with Gasteiger partial charge in [0, 0.05) is 66.1 Å². The van der Waals surface area contributed by atoms with Crippen LogP contribution in [0.25, 0.3) is 57.0 Å². The largest absolute Gasteiger partial charge is 0.455 e. The van der Waals surface area contributed by atoms with Gasteiger partial charge in [0.1, 0.15) is 28.3 Å². The molecule has 0 radical (unpaired) electrons. The lowest BCUT2D eigenvalue weighted by Gasteiger charge is -2.18. The van der Waals surface area contributed by atoms with Gasteiger partial charge in [-0.05, 0) is 66.9 Å². The molecule has 0 saturated heterocycles. The second-order valence-electron chi connectivity index (χ2n) is 10.2. The Bertz CT molecular complexity index is 2010. The molecular weight excluding hydrogens is 560 g/mol. The van der Waals surface area contributed by atoms with Gasteiger partial charge >= 0.3 is 0 Å². The number of nitrogens with zero attached hydrogens (tertiary/aromatic N) is 2. The Labute approximate surface area is 245 Å². The average Bonchev–Trinajstić information content (AvgIpc) is 3.53. The van der Waals surface area contributed by atoms with Crippen LogP contribution in [0.15, 0.2) is 74.5 Å². The third-order valence-electron chi connectivity index (χ3n) is 7.10. The van der Waals surface area contributed by atoms with Crippen LogP contribution in [-0.2, 0) is 0 Å². The molecule has 0 aliphatic heterocycles. The van der Waals surface area contributed by atoms with Crippen molar-refractivity contribution in [3.63, 3.8) is 0 Å². The Morgan fingerprint density at radius 2 is 1.67 bits per heavy atom. The van der Waals surface area contributed by atoms with Crippen LogP contribution in [0.3, 0.4) is 0 Å². The number of hydrogen-bond donors (Lipinski definition) is 1. The molecule has 42 heavy (non-hydrogen) atoms. The highest BCUT2D eigenvalue weighted by atomic mass is 35.5. The number of oxazole rings is 1. The van der Waals surface area contributed by atoms with E-state index in [1.54, 1.807) is 24.3 Å². The third-order valence-corrected chi connectivity index (χ3v) is 7.36.